The normalized spacial score (nSPS) is 10.1. The quantitative estimate of drug-likeness (QED) is 0.469. The number of benzene rings is 2. The van der Waals surface area contributed by atoms with E-state index < -0.39 is 0 Å². The summed E-state index contributed by atoms with van der Waals surface area (Å²) in [5.74, 6) is -0.731. The molecule has 0 radical (unpaired) electrons. The highest BCUT2D eigenvalue weighted by atomic mass is 16.2. The first-order valence-electron chi connectivity index (χ1n) is 10.3. The Morgan fingerprint density at radius 1 is 0.613 bits per heavy atom. The van der Waals surface area contributed by atoms with Gasteiger partial charge in [-0.3, -0.25) is 19.2 Å². The zero-order valence-electron chi connectivity index (χ0n) is 17.8. The van der Waals surface area contributed by atoms with Crippen LogP contribution in [0.15, 0.2) is 48.5 Å². The maximum absolute atomic E-state index is 12.1. The van der Waals surface area contributed by atoms with E-state index in [-0.39, 0.29) is 36.5 Å². The molecule has 0 fully saturated rings. The molecule has 0 aliphatic carbocycles. The van der Waals surface area contributed by atoms with Crippen molar-refractivity contribution in [2.45, 2.75) is 33.1 Å². The third-order valence-electron chi connectivity index (χ3n) is 4.34. The lowest BCUT2D eigenvalue weighted by molar-refractivity contribution is -0.117. The van der Waals surface area contributed by atoms with Crippen LogP contribution in [0, 0.1) is 0 Å². The van der Waals surface area contributed by atoms with Crippen molar-refractivity contribution < 1.29 is 19.2 Å². The van der Waals surface area contributed by atoms with E-state index in [9.17, 15) is 19.2 Å². The Kier molecular flexibility index (Phi) is 9.22. The second kappa shape index (κ2) is 12.1. The molecule has 0 unspecified atom stereocenters. The van der Waals surface area contributed by atoms with E-state index in [1.807, 2.05) is 13.8 Å². The van der Waals surface area contributed by atoms with Crippen LogP contribution in [0.25, 0.3) is 0 Å². The lowest BCUT2D eigenvalue weighted by Gasteiger charge is -2.08. The highest BCUT2D eigenvalue weighted by Crippen LogP contribution is 2.12. The van der Waals surface area contributed by atoms with E-state index >= 15 is 0 Å². The molecule has 8 nitrogen and oxygen atoms in total. The van der Waals surface area contributed by atoms with Crippen LogP contribution in [-0.4, -0.2) is 36.7 Å². The molecule has 0 spiro atoms. The first kappa shape index (κ1) is 23.6. The molecule has 2 aromatic carbocycles. The zero-order valence-corrected chi connectivity index (χ0v) is 17.8. The minimum Gasteiger partial charge on any atom is -0.352 e. The summed E-state index contributed by atoms with van der Waals surface area (Å²) in [4.78, 5) is 47.6. The lowest BCUT2D eigenvalue weighted by Crippen LogP contribution is -2.22. The molecule has 0 bridgehead atoms. The Balaban J connectivity index is 1.72. The molecule has 2 aromatic rings. The fourth-order valence-corrected chi connectivity index (χ4v) is 2.79. The highest BCUT2D eigenvalue weighted by molar-refractivity contribution is 5.97. The van der Waals surface area contributed by atoms with Gasteiger partial charge in [0.2, 0.25) is 11.8 Å². The molecule has 2 rings (SSSR count). The minimum atomic E-state index is -0.204. The van der Waals surface area contributed by atoms with Crippen LogP contribution < -0.4 is 21.3 Å². The van der Waals surface area contributed by atoms with Gasteiger partial charge < -0.3 is 21.3 Å². The van der Waals surface area contributed by atoms with Crippen LogP contribution in [0.5, 0.6) is 0 Å². The van der Waals surface area contributed by atoms with Gasteiger partial charge in [0.25, 0.3) is 11.8 Å². The number of rotatable bonds is 10. The van der Waals surface area contributed by atoms with E-state index in [1.54, 1.807) is 48.5 Å². The van der Waals surface area contributed by atoms with Gasteiger partial charge in [-0.15, -0.1) is 0 Å². The van der Waals surface area contributed by atoms with Gasteiger partial charge in [0.15, 0.2) is 0 Å². The van der Waals surface area contributed by atoms with Crippen LogP contribution in [0.3, 0.4) is 0 Å². The second-order valence-electron chi connectivity index (χ2n) is 6.82. The fraction of sp³-hybridized carbons (Fsp3) is 0.304. The van der Waals surface area contributed by atoms with E-state index in [0.29, 0.717) is 42.0 Å². The molecular formula is C23H28N4O4. The number of nitrogens with one attached hydrogen (secondary N) is 4. The van der Waals surface area contributed by atoms with Gasteiger partial charge in [-0.05, 0) is 68.8 Å². The van der Waals surface area contributed by atoms with Gasteiger partial charge in [0, 0.05) is 48.4 Å². The predicted molar refractivity (Wildman–Crippen MR) is 120 cm³/mol. The van der Waals surface area contributed by atoms with Gasteiger partial charge in [-0.1, -0.05) is 0 Å². The summed E-state index contributed by atoms with van der Waals surface area (Å²) in [5.41, 5.74) is 2.23. The van der Waals surface area contributed by atoms with Gasteiger partial charge >= 0.3 is 0 Å². The summed E-state index contributed by atoms with van der Waals surface area (Å²) in [6.45, 7) is 4.78. The Morgan fingerprint density at radius 2 is 0.968 bits per heavy atom. The van der Waals surface area contributed by atoms with Crippen molar-refractivity contribution in [1.29, 1.82) is 0 Å². The SMILES string of the molecule is CCNC(=O)c1ccc(NC(=O)CCCC(=O)Nc2ccc(C(=O)NCC)cc2)cc1. The molecule has 4 N–H and O–H groups in total. The fourth-order valence-electron chi connectivity index (χ4n) is 2.79. The number of hydrogen-bond acceptors (Lipinski definition) is 4. The number of amides is 4. The van der Waals surface area contributed by atoms with Gasteiger partial charge in [-0.25, -0.2) is 0 Å². The lowest BCUT2D eigenvalue weighted by atomic mass is 10.1. The molecule has 0 heterocycles. The predicted octanol–water partition coefficient (Wildman–Crippen LogP) is 2.93. The smallest absolute Gasteiger partial charge is 0.251 e. The van der Waals surface area contributed by atoms with Crippen molar-refractivity contribution in [3.63, 3.8) is 0 Å². The standard InChI is InChI=1S/C23H28N4O4/c1-3-24-22(30)16-8-12-18(13-9-16)26-20(28)6-5-7-21(29)27-19-14-10-17(11-15-19)23(31)25-4-2/h8-15H,3-7H2,1-2H3,(H,24,30)(H,25,31)(H,26,28)(H,27,29). The summed E-state index contributed by atoms with van der Waals surface area (Å²) < 4.78 is 0. The van der Waals surface area contributed by atoms with Crippen LogP contribution in [-0.2, 0) is 9.59 Å². The van der Waals surface area contributed by atoms with Crippen molar-refractivity contribution in [3.05, 3.63) is 59.7 Å². The molecule has 8 heteroatoms. The summed E-state index contributed by atoms with van der Waals surface area (Å²) in [6.07, 6.45) is 0.787. The van der Waals surface area contributed by atoms with Crippen LogP contribution in [0.1, 0.15) is 53.8 Å². The van der Waals surface area contributed by atoms with Crippen LogP contribution in [0.4, 0.5) is 11.4 Å². The molecule has 0 aliphatic rings. The summed E-state index contributed by atoms with van der Waals surface area (Å²) in [6, 6.07) is 13.2. The average Bonchev–Trinajstić information content (AvgIpc) is 2.75. The molecule has 0 aliphatic heterocycles. The molecule has 0 saturated carbocycles. The maximum Gasteiger partial charge on any atom is 0.251 e. The summed E-state index contributed by atoms with van der Waals surface area (Å²) >= 11 is 0. The monoisotopic (exact) mass is 424 g/mol. The molecule has 0 aromatic heterocycles. The van der Waals surface area contributed by atoms with Gasteiger partial charge in [-0.2, -0.15) is 0 Å². The average molecular weight is 425 g/mol. The number of carbonyl (C=O) groups excluding carboxylic acids is 4. The Morgan fingerprint density at radius 3 is 1.29 bits per heavy atom. The third-order valence-corrected chi connectivity index (χ3v) is 4.34. The number of anilines is 2. The first-order chi connectivity index (χ1) is 14.9. The summed E-state index contributed by atoms with van der Waals surface area (Å²) in [5, 5.41) is 10.9. The van der Waals surface area contributed by atoms with E-state index in [0.717, 1.165) is 0 Å². The Bertz CT molecular complexity index is 833. The Labute approximate surface area is 181 Å². The molecular weight excluding hydrogens is 396 g/mol. The zero-order chi connectivity index (χ0) is 22.6. The highest BCUT2D eigenvalue weighted by Gasteiger charge is 2.09. The third kappa shape index (κ3) is 7.93. The van der Waals surface area contributed by atoms with E-state index in [4.69, 9.17) is 0 Å². The molecule has 4 amide bonds. The van der Waals surface area contributed by atoms with Gasteiger partial charge in [0.05, 0.1) is 0 Å². The van der Waals surface area contributed by atoms with Crippen molar-refractivity contribution in [3.8, 4) is 0 Å². The number of hydrogen-bond donors (Lipinski definition) is 4. The molecule has 31 heavy (non-hydrogen) atoms. The topological polar surface area (TPSA) is 116 Å². The number of carbonyl (C=O) groups is 4. The Hall–Kier alpha value is -3.68. The minimum absolute atomic E-state index is 0.162. The van der Waals surface area contributed by atoms with Crippen molar-refractivity contribution >= 4 is 35.0 Å². The summed E-state index contributed by atoms with van der Waals surface area (Å²) in [7, 11) is 0. The van der Waals surface area contributed by atoms with Crippen molar-refractivity contribution in [2.75, 3.05) is 23.7 Å². The van der Waals surface area contributed by atoms with Gasteiger partial charge in [0.1, 0.15) is 0 Å². The maximum atomic E-state index is 12.1. The van der Waals surface area contributed by atoms with Crippen LogP contribution >= 0.6 is 0 Å². The van der Waals surface area contributed by atoms with Crippen molar-refractivity contribution in [1.82, 2.24) is 10.6 Å². The van der Waals surface area contributed by atoms with Crippen molar-refractivity contribution in [2.24, 2.45) is 0 Å². The van der Waals surface area contributed by atoms with Crippen LogP contribution in [0.2, 0.25) is 0 Å². The second-order valence-corrected chi connectivity index (χ2v) is 6.82. The molecule has 0 saturated heterocycles. The first-order valence-corrected chi connectivity index (χ1v) is 10.3. The van der Waals surface area contributed by atoms with E-state index in [1.165, 1.54) is 0 Å². The molecule has 0 atom stereocenters. The molecule has 164 valence electrons. The largest absolute Gasteiger partial charge is 0.352 e. The van der Waals surface area contributed by atoms with E-state index in [2.05, 4.69) is 21.3 Å².